The van der Waals surface area contributed by atoms with Gasteiger partial charge in [-0.25, -0.2) is 4.98 Å². The van der Waals surface area contributed by atoms with Gasteiger partial charge in [0, 0.05) is 19.3 Å². The van der Waals surface area contributed by atoms with Gasteiger partial charge in [-0.1, -0.05) is 11.6 Å². The summed E-state index contributed by atoms with van der Waals surface area (Å²) in [4.78, 5) is 18.1. The van der Waals surface area contributed by atoms with E-state index in [1.54, 1.807) is 17.7 Å². The molecule has 0 amide bonds. The lowest BCUT2D eigenvalue weighted by Gasteiger charge is -2.07. The number of rotatable bonds is 4. The second kappa shape index (κ2) is 5.23. The number of hydrogen-bond acceptors (Lipinski definition) is 5. The lowest BCUT2D eigenvalue weighted by atomic mass is 10.2. The number of anilines is 1. The van der Waals surface area contributed by atoms with E-state index >= 15 is 0 Å². The number of nitro groups is 1. The Bertz CT molecular complexity index is 605. The van der Waals surface area contributed by atoms with Gasteiger partial charge < -0.3 is 15.4 Å². The first-order valence-electron chi connectivity index (χ1n) is 5.50. The summed E-state index contributed by atoms with van der Waals surface area (Å²) in [6.07, 6.45) is 1.39. The van der Waals surface area contributed by atoms with E-state index in [4.69, 9.17) is 11.6 Å². The molecule has 1 N–H and O–H groups in total. The van der Waals surface area contributed by atoms with E-state index in [-0.39, 0.29) is 5.82 Å². The third-order valence-electron chi connectivity index (χ3n) is 2.53. The van der Waals surface area contributed by atoms with E-state index in [0.29, 0.717) is 17.5 Å². The summed E-state index contributed by atoms with van der Waals surface area (Å²) < 4.78 is 1.56. The molecule has 2 aromatic heterocycles. The largest absolute Gasteiger partial charge is 0.406 e. The average Bonchev–Trinajstić information content (AvgIpc) is 2.67. The van der Waals surface area contributed by atoms with Crippen LogP contribution in [0.1, 0.15) is 11.3 Å². The lowest BCUT2D eigenvalue weighted by molar-refractivity contribution is -0.388. The van der Waals surface area contributed by atoms with Gasteiger partial charge in [-0.15, -0.1) is 0 Å². The van der Waals surface area contributed by atoms with Crippen LogP contribution in [0.4, 0.5) is 11.6 Å². The Balaban J connectivity index is 2.18. The van der Waals surface area contributed by atoms with Crippen molar-refractivity contribution in [2.24, 2.45) is 7.05 Å². The number of pyridine rings is 1. The van der Waals surface area contributed by atoms with Crippen LogP contribution in [0.15, 0.2) is 18.5 Å². The van der Waals surface area contributed by atoms with Gasteiger partial charge in [0.05, 0.1) is 0 Å². The second-order valence-corrected chi connectivity index (χ2v) is 4.47. The summed E-state index contributed by atoms with van der Waals surface area (Å²) in [6, 6.07) is 3.57. The van der Waals surface area contributed by atoms with Crippen molar-refractivity contribution < 1.29 is 4.92 Å². The van der Waals surface area contributed by atoms with Crippen molar-refractivity contribution >= 4 is 23.2 Å². The molecule has 2 heterocycles. The molecule has 0 aliphatic carbocycles. The summed E-state index contributed by atoms with van der Waals surface area (Å²) in [5, 5.41) is 14.2. The van der Waals surface area contributed by atoms with Crippen LogP contribution < -0.4 is 5.32 Å². The lowest BCUT2D eigenvalue weighted by Crippen LogP contribution is -2.06. The number of nitrogens with zero attached hydrogens (tertiary/aromatic N) is 4. The standard InChI is InChI=1S/C11H12ClN5O2/c1-7-3-8(4-9(12)15-7)5-13-10-11(17(18)19)14-6-16(10)2/h3-4,6,13H,5H2,1-2H3. The Hall–Kier alpha value is -2.15. The molecule has 0 spiro atoms. The van der Waals surface area contributed by atoms with E-state index in [9.17, 15) is 10.1 Å². The zero-order valence-electron chi connectivity index (χ0n) is 10.4. The maximum Gasteiger partial charge on any atom is 0.406 e. The van der Waals surface area contributed by atoms with Crippen molar-refractivity contribution in [3.05, 3.63) is 45.0 Å². The van der Waals surface area contributed by atoms with Crippen LogP contribution in [-0.4, -0.2) is 19.5 Å². The van der Waals surface area contributed by atoms with Crippen LogP contribution in [0.5, 0.6) is 0 Å². The number of hydrogen-bond donors (Lipinski definition) is 1. The highest BCUT2D eigenvalue weighted by atomic mass is 35.5. The molecule has 0 aliphatic heterocycles. The number of nitrogens with one attached hydrogen (secondary N) is 1. The maximum atomic E-state index is 10.8. The number of aryl methyl sites for hydroxylation is 2. The summed E-state index contributed by atoms with van der Waals surface area (Å²) in [6.45, 7) is 2.24. The summed E-state index contributed by atoms with van der Waals surface area (Å²) in [5.74, 6) is 0.162. The van der Waals surface area contributed by atoms with E-state index in [2.05, 4.69) is 15.3 Å². The van der Waals surface area contributed by atoms with Crippen molar-refractivity contribution in [1.29, 1.82) is 0 Å². The first kappa shape index (κ1) is 13.3. The van der Waals surface area contributed by atoms with Gasteiger partial charge in [-0.05, 0) is 34.5 Å². The fourth-order valence-corrected chi connectivity index (χ4v) is 2.01. The van der Waals surface area contributed by atoms with Crippen molar-refractivity contribution in [2.75, 3.05) is 5.32 Å². The molecular formula is C11H12ClN5O2. The fraction of sp³-hybridized carbons (Fsp3) is 0.273. The monoisotopic (exact) mass is 281 g/mol. The number of halogens is 1. The quantitative estimate of drug-likeness (QED) is 0.528. The molecule has 0 fully saturated rings. The summed E-state index contributed by atoms with van der Waals surface area (Å²) in [5.41, 5.74) is 1.69. The van der Waals surface area contributed by atoms with Gasteiger partial charge in [0.15, 0.2) is 0 Å². The van der Waals surface area contributed by atoms with Gasteiger partial charge >= 0.3 is 5.82 Å². The van der Waals surface area contributed by atoms with Crippen LogP contribution in [0.25, 0.3) is 0 Å². The van der Waals surface area contributed by atoms with Gasteiger partial charge in [0.1, 0.15) is 5.15 Å². The number of aromatic nitrogens is 3. The molecule has 0 bridgehead atoms. The molecule has 8 heteroatoms. The Labute approximate surface area is 114 Å². The van der Waals surface area contributed by atoms with Crippen molar-refractivity contribution in [3.63, 3.8) is 0 Å². The van der Waals surface area contributed by atoms with E-state index < -0.39 is 4.92 Å². The first-order chi connectivity index (χ1) is 8.97. The molecular weight excluding hydrogens is 270 g/mol. The van der Waals surface area contributed by atoms with Crippen molar-refractivity contribution in [2.45, 2.75) is 13.5 Å². The summed E-state index contributed by atoms with van der Waals surface area (Å²) in [7, 11) is 1.69. The zero-order chi connectivity index (χ0) is 14.0. The van der Waals surface area contributed by atoms with Crippen molar-refractivity contribution in [1.82, 2.24) is 14.5 Å². The van der Waals surface area contributed by atoms with Crippen LogP contribution in [0, 0.1) is 17.0 Å². The highest BCUT2D eigenvalue weighted by Crippen LogP contribution is 2.22. The first-order valence-corrected chi connectivity index (χ1v) is 5.88. The number of imidazole rings is 1. The second-order valence-electron chi connectivity index (χ2n) is 4.08. The molecule has 2 rings (SSSR count). The molecule has 0 unspecified atom stereocenters. The van der Waals surface area contributed by atoms with Gasteiger partial charge in [0.2, 0.25) is 12.1 Å². The molecule has 7 nitrogen and oxygen atoms in total. The van der Waals surface area contributed by atoms with Gasteiger partial charge in [0.25, 0.3) is 0 Å². The molecule has 0 aliphatic rings. The topological polar surface area (TPSA) is 85.9 Å². The Morgan fingerprint density at radius 1 is 1.53 bits per heavy atom. The smallest absolute Gasteiger partial charge is 0.360 e. The molecule has 0 saturated heterocycles. The zero-order valence-corrected chi connectivity index (χ0v) is 11.2. The molecule has 2 aromatic rings. The predicted octanol–water partition coefficient (Wildman–Crippen LogP) is 2.30. The minimum Gasteiger partial charge on any atom is -0.360 e. The van der Waals surface area contributed by atoms with Crippen molar-refractivity contribution in [3.8, 4) is 0 Å². The van der Waals surface area contributed by atoms with Crippen LogP contribution in [-0.2, 0) is 13.6 Å². The Kier molecular flexibility index (Phi) is 3.66. The minimum atomic E-state index is -0.521. The van der Waals surface area contributed by atoms with E-state index in [1.165, 1.54) is 6.33 Å². The Morgan fingerprint density at radius 3 is 2.89 bits per heavy atom. The molecule has 19 heavy (non-hydrogen) atoms. The average molecular weight is 282 g/mol. The highest BCUT2D eigenvalue weighted by molar-refractivity contribution is 6.29. The SMILES string of the molecule is Cc1cc(CNc2c([N+](=O)[O-])ncn2C)cc(Cl)n1. The van der Waals surface area contributed by atoms with Crippen LogP contribution in [0.2, 0.25) is 5.15 Å². The Morgan fingerprint density at radius 2 is 2.26 bits per heavy atom. The van der Waals surface area contributed by atoms with Gasteiger partial charge in [-0.3, -0.25) is 4.57 Å². The maximum absolute atomic E-state index is 10.8. The summed E-state index contributed by atoms with van der Waals surface area (Å²) >= 11 is 5.86. The predicted molar refractivity (Wildman–Crippen MR) is 71.2 cm³/mol. The van der Waals surface area contributed by atoms with Crippen LogP contribution in [0.3, 0.4) is 0 Å². The molecule has 0 aromatic carbocycles. The van der Waals surface area contributed by atoms with Crippen LogP contribution >= 0.6 is 11.6 Å². The molecule has 0 saturated carbocycles. The van der Waals surface area contributed by atoms with E-state index in [0.717, 1.165) is 11.3 Å². The molecule has 100 valence electrons. The van der Waals surface area contributed by atoms with E-state index in [1.807, 2.05) is 13.0 Å². The third kappa shape index (κ3) is 3.00. The normalized spacial score (nSPS) is 10.5. The van der Waals surface area contributed by atoms with Gasteiger partial charge in [-0.2, -0.15) is 0 Å². The molecule has 0 atom stereocenters. The third-order valence-corrected chi connectivity index (χ3v) is 2.73. The fourth-order valence-electron chi connectivity index (χ4n) is 1.74. The molecule has 0 radical (unpaired) electrons. The highest BCUT2D eigenvalue weighted by Gasteiger charge is 2.19. The minimum absolute atomic E-state index is 0.195.